The molecule has 6 nitrogen and oxygen atoms in total. The van der Waals surface area contributed by atoms with Crippen LogP contribution in [0.3, 0.4) is 0 Å². The number of pyridine rings is 1. The van der Waals surface area contributed by atoms with Crippen molar-refractivity contribution >= 4 is 17.4 Å². The Morgan fingerprint density at radius 3 is 2.52 bits per heavy atom. The second kappa shape index (κ2) is 7.66. The average Bonchev–Trinajstić information content (AvgIpc) is 3.18. The first-order valence-electron chi connectivity index (χ1n) is 9.57. The molecular weight excluding hydrogens is 342 g/mol. The SMILES string of the molecule is CCN(C(=O)c1ccnc(N2CCC3(CC2)OCCO3)c1)c1ccccc1. The molecule has 142 valence electrons. The number of anilines is 2. The minimum Gasteiger partial charge on any atom is -0.356 e. The Morgan fingerprint density at radius 1 is 1.15 bits per heavy atom. The number of para-hydroxylation sites is 1. The zero-order valence-corrected chi connectivity index (χ0v) is 15.6. The Labute approximate surface area is 159 Å². The molecule has 1 amide bonds. The maximum absolute atomic E-state index is 13.1. The summed E-state index contributed by atoms with van der Waals surface area (Å²) < 4.78 is 11.6. The minimum atomic E-state index is -0.406. The van der Waals surface area contributed by atoms with Crippen LogP contribution in [0.1, 0.15) is 30.1 Å². The maximum atomic E-state index is 13.1. The molecule has 0 N–H and O–H groups in total. The monoisotopic (exact) mass is 367 g/mol. The number of amides is 1. The summed E-state index contributed by atoms with van der Waals surface area (Å²) in [6.07, 6.45) is 3.35. The molecule has 2 saturated heterocycles. The number of hydrogen-bond acceptors (Lipinski definition) is 5. The molecule has 1 aromatic heterocycles. The lowest BCUT2D eigenvalue weighted by atomic mass is 10.0. The fraction of sp³-hybridized carbons (Fsp3) is 0.429. The van der Waals surface area contributed by atoms with Crippen LogP contribution in [0, 0.1) is 0 Å². The van der Waals surface area contributed by atoms with Crippen LogP contribution in [-0.4, -0.2) is 49.5 Å². The smallest absolute Gasteiger partial charge is 0.258 e. The summed E-state index contributed by atoms with van der Waals surface area (Å²) in [5, 5.41) is 0. The van der Waals surface area contributed by atoms with Gasteiger partial charge in [-0.25, -0.2) is 4.98 Å². The van der Waals surface area contributed by atoms with Crippen LogP contribution in [0.15, 0.2) is 48.7 Å². The third kappa shape index (κ3) is 3.68. The van der Waals surface area contributed by atoms with Crippen molar-refractivity contribution in [1.82, 2.24) is 4.98 Å². The Bertz CT molecular complexity index is 780. The summed E-state index contributed by atoms with van der Waals surface area (Å²) in [6.45, 7) is 5.56. The number of ether oxygens (including phenoxy) is 2. The van der Waals surface area contributed by atoms with Gasteiger partial charge in [-0.2, -0.15) is 0 Å². The van der Waals surface area contributed by atoms with Crippen molar-refractivity contribution in [2.24, 2.45) is 0 Å². The summed E-state index contributed by atoms with van der Waals surface area (Å²) in [4.78, 5) is 21.5. The largest absolute Gasteiger partial charge is 0.356 e. The van der Waals surface area contributed by atoms with Gasteiger partial charge in [0.15, 0.2) is 5.79 Å². The molecule has 3 heterocycles. The van der Waals surface area contributed by atoms with Gasteiger partial charge in [0.1, 0.15) is 5.82 Å². The van der Waals surface area contributed by atoms with E-state index in [-0.39, 0.29) is 5.91 Å². The van der Waals surface area contributed by atoms with Crippen molar-refractivity contribution in [1.29, 1.82) is 0 Å². The quantitative estimate of drug-likeness (QED) is 0.831. The van der Waals surface area contributed by atoms with E-state index in [2.05, 4.69) is 9.88 Å². The molecule has 0 unspecified atom stereocenters. The van der Waals surface area contributed by atoms with Gasteiger partial charge in [-0.05, 0) is 31.2 Å². The first-order chi connectivity index (χ1) is 13.2. The lowest BCUT2D eigenvalue weighted by molar-refractivity contribution is -0.169. The van der Waals surface area contributed by atoms with E-state index < -0.39 is 5.79 Å². The lowest BCUT2D eigenvalue weighted by Gasteiger charge is -2.38. The molecular formula is C21H25N3O3. The van der Waals surface area contributed by atoms with Gasteiger partial charge in [-0.3, -0.25) is 4.79 Å². The Balaban J connectivity index is 1.50. The number of aromatic nitrogens is 1. The van der Waals surface area contributed by atoms with E-state index in [0.29, 0.717) is 25.3 Å². The standard InChI is InChI=1S/C21H25N3O3/c1-2-24(18-6-4-3-5-7-18)20(25)17-8-11-22-19(16-17)23-12-9-21(10-13-23)26-14-15-27-21/h3-8,11,16H,2,9-10,12-15H2,1H3. The molecule has 2 aliphatic rings. The molecule has 2 aromatic rings. The third-order valence-electron chi connectivity index (χ3n) is 5.28. The average molecular weight is 367 g/mol. The predicted molar refractivity (Wildman–Crippen MR) is 104 cm³/mol. The van der Waals surface area contributed by atoms with Crippen molar-refractivity contribution in [3.63, 3.8) is 0 Å². The van der Waals surface area contributed by atoms with Crippen molar-refractivity contribution in [2.45, 2.75) is 25.6 Å². The number of piperidine rings is 1. The lowest BCUT2D eigenvalue weighted by Crippen LogP contribution is -2.45. The molecule has 0 atom stereocenters. The zero-order valence-electron chi connectivity index (χ0n) is 15.6. The van der Waals surface area contributed by atoms with Crippen molar-refractivity contribution in [3.05, 3.63) is 54.2 Å². The van der Waals surface area contributed by atoms with Crippen LogP contribution in [0.2, 0.25) is 0 Å². The van der Waals surface area contributed by atoms with E-state index in [4.69, 9.17) is 9.47 Å². The van der Waals surface area contributed by atoms with E-state index in [0.717, 1.165) is 37.4 Å². The summed E-state index contributed by atoms with van der Waals surface area (Å²) >= 11 is 0. The van der Waals surface area contributed by atoms with Crippen LogP contribution >= 0.6 is 0 Å². The van der Waals surface area contributed by atoms with Crippen LogP contribution in [-0.2, 0) is 9.47 Å². The Morgan fingerprint density at radius 2 is 1.85 bits per heavy atom. The Kier molecular flexibility index (Phi) is 5.09. The topological polar surface area (TPSA) is 54.9 Å². The third-order valence-corrected chi connectivity index (χ3v) is 5.28. The van der Waals surface area contributed by atoms with Gasteiger partial charge in [-0.1, -0.05) is 18.2 Å². The molecule has 0 bridgehead atoms. The van der Waals surface area contributed by atoms with Gasteiger partial charge >= 0.3 is 0 Å². The maximum Gasteiger partial charge on any atom is 0.258 e. The summed E-state index contributed by atoms with van der Waals surface area (Å²) in [6, 6.07) is 13.4. The van der Waals surface area contributed by atoms with Crippen molar-refractivity contribution in [3.8, 4) is 0 Å². The molecule has 0 aliphatic carbocycles. The number of carbonyl (C=O) groups is 1. The Hall–Kier alpha value is -2.44. The number of benzene rings is 1. The van der Waals surface area contributed by atoms with Crippen LogP contribution in [0.4, 0.5) is 11.5 Å². The molecule has 0 radical (unpaired) electrons. The van der Waals surface area contributed by atoms with Crippen LogP contribution in [0.25, 0.3) is 0 Å². The second-order valence-electron chi connectivity index (χ2n) is 6.88. The minimum absolute atomic E-state index is 0.0108. The number of hydrogen-bond donors (Lipinski definition) is 0. The second-order valence-corrected chi connectivity index (χ2v) is 6.88. The first kappa shape index (κ1) is 17.9. The molecule has 4 rings (SSSR count). The van der Waals surface area contributed by atoms with Crippen LogP contribution < -0.4 is 9.80 Å². The van der Waals surface area contributed by atoms with Crippen molar-refractivity contribution < 1.29 is 14.3 Å². The van der Waals surface area contributed by atoms with Gasteiger partial charge in [0, 0.05) is 49.9 Å². The first-order valence-corrected chi connectivity index (χ1v) is 9.57. The van der Waals surface area contributed by atoms with E-state index in [1.54, 1.807) is 17.2 Å². The molecule has 2 fully saturated rings. The highest BCUT2D eigenvalue weighted by atomic mass is 16.7. The number of nitrogens with zero attached hydrogens (tertiary/aromatic N) is 3. The molecule has 27 heavy (non-hydrogen) atoms. The zero-order chi connectivity index (χ0) is 18.7. The van der Waals surface area contributed by atoms with Crippen LogP contribution in [0.5, 0.6) is 0 Å². The van der Waals surface area contributed by atoms with E-state index >= 15 is 0 Å². The molecule has 2 aliphatic heterocycles. The fourth-order valence-corrected chi connectivity index (χ4v) is 3.79. The van der Waals surface area contributed by atoms with E-state index in [9.17, 15) is 4.79 Å². The normalized spacial score (nSPS) is 18.6. The van der Waals surface area contributed by atoms with Gasteiger partial charge in [-0.15, -0.1) is 0 Å². The highest BCUT2D eigenvalue weighted by molar-refractivity contribution is 6.06. The van der Waals surface area contributed by atoms with Crippen molar-refractivity contribution in [2.75, 3.05) is 42.6 Å². The predicted octanol–water partition coefficient (Wildman–Crippen LogP) is 3.09. The fourth-order valence-electron chi connectivity index (χ4n) is 3.79. The highest BCUT2D eigenvalue weighted by Gasteiger charge is 2.40. The molecule has 1 aromatic carbocycles. The number of rotatable bonds is 4. The van der Waals surface area contributed by atoms with Gasteiger partial charge < -0.3 is 19.3 Å². The van der Waals surface area contributed by atoms with Gasteiger partial charge in [0.25, 0.3) is 5.91 Å². The summed E-state index contributed by atoms with van der Waals surface area (Å²) in [5.41, 5.74) is 1.55. The molecule has 6 heteroatoms. The van der Waals surface area contributed by atoms with Gasteiger partial charge in [0.05, 0.1) is 13.2 Å². The summed E-state index contributed by atoms with van der Waals surface area (Å²) in [7, 11) is 0. The van der Waals surface area contributed by atoms with E-state index in [1.807, 2.05) is 43.3 Å². The molecule has 0 saturated carbocycles. The number of carbonyl (C=O) groups excluding carboxylic acids is 1. The van der Waals surface area contributed by atoms with Gasteiger partial charge in [0.2, 0.25) is 0 Å². The summed E-state index contributed by atoms with van der Waals surface area (Å²) in [5.74, 6) is 0.414. The highest BCUT2D eigenvalue weighted by Crippen LogP contribution is 2.32. The van der Waals surface area contributed by atoms with E-state index in [1.165, 1.54) is 0 Å². The molecule has 1 spiro atoms.